The third-order valence-electron chi connectivity index (χ3n) is 1.48. The monoisotopic (exact) mass is 182 g/mol. The van der Waals surface area contributed by atoms with Crippen molar-refractivity contribution >= 4 is 7.32 Å². The molecule has 0 bridgehead atoms. The summed E-state index contributed by atoms with van der Waals surface area (Å²) < 4.78 is 9.53. The summed E-state index contributed by atoms with van der Waals surface area (Å²) in [6.45, 7) is 0.530. The van der Waals surface area contributed by atoms with E-state index in [1.807, 2.05) is 0 Å². The second-order valence-corrected chi connectivity index (χ2v) is 2.52. The van der Waals surface area contributed by atoms with Gasteiger partial charge in [0.25, 0.3) is 0 Å². The average Bonchev–Trinajstić information content (AvgIpc) is 2.08. The average molecular weight is 182 g/mol. The molecule has 1 rings (SSSR count). The van der Waals surface area contributed by atoms with E-state index in [2.05, 4.69) is 4.65 Å². The largest absolute Gasteiger partial charge is 0.707 e. The summed E-state index contributed by atoms with van der Waals surface area (Å²) in [5.74, 6) is 0.412. The lowest BCUT2D eigenvalue weighted by atomic mass is 10.2. The van der Waals surface area contributed by atoms with Crippen molar-refractivity contribution in [3.05, 3.63) is 29.8 Å². The molecule has 1 aromatic rings. The van der Waals surface area contributed by atoms with Crippen molar-refractivity contribution in [3.8, 4) is 5.75 Å². The van der Waals surface area contributed by atoms with Gasteiger partial charge in [-0.2, -0.15) is 0 Å². The van der Waals surface area contributed by atoms with Crippen molar-refractivity contribution in [2.24, 2.45) is 0 Å². The first kappa shape index (κ1) is 10.0. The minimum Gasteiger partial charge on any atom is -0.512 e. The Kier molecular flexibility index (Phi) is 3.76. The Morgan fingerprint density at radius 3 is 2.31 bits per heavy atom. The molecule has 1 aromatic carbocycles. The van der Waals surface area contributed by atoms with Gasteiger partial charge in [-0.15, -0.1) is 0 Å². The van der Waals surface area contributed by atoms with Gasteiger partial charge in [-0.3, -0.25) is 0 Å². The zero-order valence-corrected chi connectivity index (χ0v) is 7.30. The number of hydrogen-bond donors (Lipinski definition) is 2. The molecule has 0 saturated carbocycles. The van der Waals surface area contributed by atoms with Gasteiger partial charge in [0.2, 0.25) is 0 Å². The minimum absolute atomic E-state index is 0.412. The molecule has 0 aliphatic carbocycles. The zero-order chi connectivity index (χ0) is 9.68. The second-order valence-electron chi connectivity index (χ2n) is 2.52. The van der Waals surface area contributed by atoms with Crippen LogP contribution in [0.1, 0.15) is 5.56 Å². The molecule has 0 unspecified atom stereocenters. The SMILES string of the molecule is COCc1ccc(OB(O)O)cc1. The molecule has 13 heavy (non-hydrogen) atoms. The molecule has 0 spiro atoms. The van der Waals surface area contributed by atoms with E-state index >= 15 is 0 Å². The molecular weight excluding hydrogens is 171 g/mol. The minimum atomic E-state index is -1.77. The van der Waals surface area contributed by atoms with E-state index in [1.165, 1.54) is 0 Å². The van der Waals surface area contributed by atoms with Crippen molar-refractivity contribution in [1.82, 2.24) is 0 Å². The van der Waals surface area contributed by atoms with Crippen LogP contribution in [0.5, 0.6) is 5.75 Å². The van der Waals surface area contributed by atoms with Crippen LogP contribution in [0.15, 0.2) is 24.3 Å². The van der Waals surface area contributed by atoms with Crippen LogP contribution in [-0.4, -0.2) is 24.5 Å². The zero-order valence-electron chi connectivity index (χ0n) is 7.30. The van der Waals surface area contributed by atoms with Crippen LogP contribution in [0.2, 0.25) is 0 Å². The Labute approximate surface area is 76.9 Å². The third kappa shape index (κ3) is 3.46. The topological polar surface area (TPSA) is 58.9 Å². The lowest BCUT2D eigenvalue weighted by Gasteiger charge is -2.05. The van der Waals surface area contributed by atoms with E-state index < -0.39 is 7.32 Å². The van der Waals surface area contributed by atoms with Gasteiger partial charge in [0.1, 0.15) is 5.75 Å². The summed E-state index contributed by atoms with van der Waals surface area (Å²) in [6, 6.07) is 6.88. The molecular formula is C8H11BO4. The molecule has 0 radical (unpaired) electrons. The lowest BCUT2D eigenvalue weighted by molar-refractivity contribution is 0.185. The maximum absolute atomic E-state index is 8.49. The van der Waals surface area contributed by atoms with Crippen LogP contribution in [-0.2, 0) is 11.3 Å². The molecule has 0 fully saturated rings. The van der Waals surface area contributed by atoms with Crippen LogP contribution in [0.25, 0.3) is 0 Å². The standard InChI is InChI=1S/C8H11BO4/c1-12-6-7-2-4-8(5-3-7)13-9(10)11/h2-5,10-11H,6H2,1H3. The van der Waals surface area contributed by atoms with Crippen LogP contribution in [0.4, 0.5) is 0 Å². The van der Waals surface area contributed by atoms with E-state index in [1.54, 1.807) is 31.4 Å². The molecule has 5 heteroatoms. The fraction of sp³-hybridized carbons (Fsp3) is 0.250. The predicted octanol–water partition coefficient (Wildman–Crippen LogP) is 0.181. The molecule has 0 aromatic heterocycles. The van der Waals surface area contributed by atoms with Crippen molar-refractivity contribution < 1.29 is 19.4 Å². The highest BCUT2D eigenvalue weighted by Crippen LogP contribution is 2.12. The Morgan fingerprint density at radius 2 is 1.85 bits per heavy atom. The molecule has 0 atom stereocenters. The number of benzene rings is 1. The van der Waals surface area contributed by atoms with Crippen LogP contribution in [0, 0.1) is 0 Å². The molecule has 0 aliphatic rings. The number of ether oxygens (including phenoxy) is 1. The van der Waals surface area contributed by atoms with Gasteiger partial charge in [0.15, 0.2) is 0 Å². The smallest absolute Gasteiger partial charge is 0.512 e. The summed E-state index contributed by atoms with van der Waals surface area (Å²) in [4.78, 5) is 0. The summed E-state index contributed by atoms with van der Waals surface area (Å²) in [5, 5.41) is 17.0. The maximum Gasteiger partial charge on any atom is 0.707 e. The first-order valence-electron chi connectivity index (χ1n) is 3.83. The molecule has 0 amide bonds. The molecule has 70 valence electrons. The molecule has 0 saturated heterocycles. The quantitative estimate of drug-likeness (QED) is 0.652. The first-order valence-corrected chi connectivity index (χ1v) is 3.83. The van der Waals surface area contributed by atoms with Gasteiger partial charge in [-0.25, -0.2) is 0 Å². The van der Waals surface area contributed by atoms with E-state index in [9.17, 15) is 0 Å². The highest BCUT2D eigenvalue weighted by molar-refractivity contribution is 6.33. The van der Waals surface area contributed by atoms with Crippen molar-refractivity contribution in [2.45, 2.75) is 6.61 Å². The van der Waals surface area contributed by atoms with Gasteiger partial charge >= 0.3 is 7.32 Å². The van der Waals surface area contributed by atoms with Crippen molar-refractivity contribution in [2.75, 3.05) is 7.11 Å². The van der Waals surface area contributed by atoms with E-state index in [-0.39, 0.29) is 0 Å². The predicted molar refractivity (Wildman–Crippen MR) is 48.0 cm³/mol. The Hall–Kier alpha value is -1.04. The molecule has 0 aliphatic heterocycles. The van der Waals surface area contributed by atoms with Crippen molar-refractivity contribution in [1.29, 1.82) is 0 Å². The summed E-state index contributed by atoms with van der Waals surface area (Å²) in [5.41, 5.74) is 1.00. The highest BCUT2D eigenvalue weighted by Gasteiger charge is 2.10. The fourth-order valence-electron chi connectivity index (χ4n) is 0.953. The van der Waals surface area contributed by atoms with Crippen LogP contribution in [0.3, 0.4) is 0 Å². The number of hydrogen-bond acceptors (Lipinski definition) is 4. The Morgan fingerprint density at radius 1 is 1.23 bits per heavy atom. The van der Waals surface area contributed by atoms with E-state index in [4.69, 9.17) is 14.8 Å². The van der Waals surface area contributed by atoms with Gasteiger partial charge in [0.05, 0.1) is 6.61 Å². The molecule has 2 N–H and O–H groups in total. The number of methoxy groups -OCH3 is 1. The number of rotatable bonds is 4. The van der Waals surface area contributed by atoms with Crippen LogP contribution >= 0.6 is 0 Å². The second kappa shape index (κ2) is 4.86. The summed E-state index contributed by atoms with van der Waals surface area (Å²) in [7, 11) is -0.157. The Bertz CT molecular complexity index is 247. The van der Waals surface area contributed by atoms with Gasteiger partial charge in [-0.05, 0) is 17.7 Å². The van der Waals surface area contributed by atoms with E-state index in [0.717, 1.165) is 5.56 Å². The third-order valence-corrected chi connectivity index (χ3v) is 1.48. The fourth-order valence-corrected chi connectivity index (χ4v) is 0.953. The van der Waals surface area contributed by atoms with Crippen molar-refractivity contribution in [3.63, 3.8) is 0 Å². The lowest BCUT2D eigenvalue weighted by Crippen LogP contribution is -2.20. The van der Waals surface area contributed by atoms with E-state index in [0.29, 0.717) is 12.4 Å². The summed E-state index contributed by atoms with van der Waals surface area (Å²) in [6.07, 6.45) is 0. The van der Waals surface area contributed by atoms with Gasteiger partial charge < -0.3 is 19.4 Å². The maximum atomic E-state index is 8.49. The summed E-state index contributed by atoms with van der Waals surface area (Å²) >= 11 is 0. The van der Waals surface area contributed by atoms with Crippen LogP contribution < -0.4 is 4.65 Å². The normalized spacial score (nSPS) is 9.77. The first-order chi connectivity index (χ1) is 6.22. The molecule has 0 heterocycles. The Balaban J connectivity index is 2.59. The van der Waals surface area contributed by atoms with Gasteiger partial charge in [-0.1, -0.05) is 12.1 Å². The molecule has 4 nitrogen and oxygen atoms in total. The highest BCUT2D eigenvalue weighted by atomic mass is 16.6. The van der Waals surface area contributed by atoms with Gasteiger partial charge in [0, 0.05) is 7.11 Å².